The van der Waals surface area contributed by atoms with E-state index in [2.05, 4.69) is 33.9 Å². The van der Waals surface area contributed by atoms with Crippen LogP contribution in [0.25, 0.3) is 0 Å². The molecule has 0 N–H and O–H groups in total. The van der Waals surface area contributed by atoms with E-state index in [9.17, 15) is 4.79 Å². The molecule has 0 aromatic heterocycles. The fourth-order valence-electron chi connectivity index (χ4n) is 1.39. The Bertz CT molecular complexity index is 349. The number of allylic oxidation sites excluding steroid dienone is 1. The molecule has 0 aliphatic carbocycles. The molecule has 0 radical (unpaired) electrons. The molecule has 1 rings (SSSR count). The molecule has 104 valence electrons. The molecule has 1 fully saturated rings. The summed E-state index contributed by atoms with van der Waals surface area (Å²) in [6.07, 6.45) is 1.34. The van der Waals surface area contributed by atoms with Crippen LogP contribution < -0.4 is 0 Å². The number of epoxide rings is 1. The Morgan fingerprint density at radius 1 is 1.33 bits per heavy atom. The summed E-state index contributed by atoms with van der Waals surface area (Å²) in [4.78, 5) is 11.7. The minimum absolute atomic E-state index is 0.0396. The predicted molar refractivity (Wildman–Crippen MR) is 76.2 cm³/mol. The molecule has 1 saturated heterocycles. The molecule has 1 heterocycles. The Morgan fingerprint density at radius 2 is 1.89 bits per heavy atom. The Labute approximate surface area is 112 Å². The molecule has 0 amide bonds. The number of hydrogen-bond acceptors (Lipinski definition) is 3. The first-order valence-corrected chi connectivity index (χ1v) is 9.43. The summed E-state index contributed by atoms with van der Waals surface area (Å²) in [6.45, 7) is 15.4. The van der Waals surface area contributed by atoms with Crippen LogP contribution in [0.1, 0.15) is 34.6 Å². The number of ether oxygens (including phenoxy) is 1. The molecule has 0 bridgehead atoms. The van der Waals surface area contributed by atoms with Gasteiger partial charge in [0.05, 0.1) is 6.61 Å². The summed E-state index contributed by atoms with van der Waals surface area (Å²) in [5.74, 6) is 0.0684. The zero-order valence-corrected chi connectivity index (χ0v) is 13.7. The molecular formula is C14H26O3Si. The van der Waals surface area contributed by atoms with E-state index in [1.54, 1.807) is 6.08 Å². The van der Waals surface area contributed by atoms with E-state index in [-0.39, 0.29) is 23.0 Å². The molecule has 0 spiro atoms. The van der Waals surface area contributed by atoms with Gasteiger partial charge in [0, 0.05) is 0 Å². The van der Waals surface area contributed by atoms with Gasteiger partial charge in [-0.15, -0.1) is 0 Å². The summed E-state index contributed by atoms with van der Waals surface area (Å²) < 4.78 is 11.4. The Kier molecular flexibility index (Phi) is 4.57. The van der Waals surface area contributed by atoms with E-state index < -0.39 is 8.32 Å². The maximum Gasteiger partial charge on any atom is 0.192 e. The number of hydrogen-bond donors (Lipinski definition) is 0. The second-order valence-electron chi connectivity index (χ2n) is 6.79. The molecule has 3 nitrogen and oxygen atoms in total. The lowest BCUT2D eigenvalue weighted by Gasteiger charge is -2.35. The molecular weight excluding hydrogens is 244 g/mol. The van der Waals surface area contributed by atoms with Gasteiger partial charge < -0.3 is 9.16 Å². The third-order valence-electron chi connectivity index (χ3n) is 3.71. The number of carbonyl (C=O) groups is 1. The number of ketones is 1. The van der Waals surface area contributed by atoms with Gasteiger partial charge in [-0.1, -0.05) is 26.3 Å². The molecule has 0 aromatic carbocycles. The minimum Gasteiger partial charge on any atom is -0.414 e. The SMILES string of the molecule is CC(C)=CC(=O)[C@@H]1O[C@H]1CO[Si](C)(C)C(C)(C)C. The van der Waals surface area contributed by atoms with Crippen LogP contribution in [0.4, 0.5) is 0 Å². The highest BCUT2D eigenvalue weighted by atomic mass is 28.4. The normalized spacial score (nSPS) is 23.7. The lowest BCUT2D eigenvalue weighted by molar-refractivity contribution is -0.115. The smallest absolute Gasteiger partial charge is 0.192 e. The van der Waals surface area contributed by atoms with Crippen LogP contribution in [-0.4, -0.2) is 32.9 Å². The first-order chi connectivity index (χ1) is 8.04. The highest BCUT2D eigenvalue weighted by Crippen LogP contribution is 2.37. The lowest BCUT2D eigenvalue weighted by Crippen LogP contribution is -2.41. The van der Waals surface area contributed by atoms with Gasteiger partial charge in [-0.25, -0.2) is 0 Å². The standard InChI is InChI=1S/C14H26O3Si/c1-10(2)8-11(15)13-12(17-13)9-16-18(6,7)14(3,4)5/h8,12-13H,9H2,1-7H3/t12-,13-/m0/s1. The average Bonchev–Trinajstić information content (AvgIpc) is 2.90. The predicted octanol–water partition coefficient (Wildman–Crippen LogP) is 3.31. The third kappa shape index (κ3) is 4.04. The molecule has 18 heavy (non-hydrogen) atoms. The van der Waals surface area contributed by atoms with Crippen molar-refractivity contribution in [3.63, 3.8) is 0 Å². The summed E-state index contributed by atoms with van der Waals surface area (Å²) in [5, 5.41) is 0.196. The average molecular weight is 270 g/mol. The van der Waals surface area contributed by atoms with Gasteiger partial charge in [0.15, 0.2) is 14.1 Å². The van der Waals surface area contributed by atoms with Crippen molar-refractivity contribution >= 4 is 14.1 Å². The topological polar surface area (TPSA) is 38.8 Å². The van der Waals surface area contributed by atoms with Gasteiger partial charge in [-0.3, -0.25) is 4.79 Å². The van der Waals surface area contributed by atoms with Gasteiger partial charge in [-0.2, -0.15) is 0 Å². The molecule has 0 unspecified atom stereocenters. The Morgan fingerprint density at radius 3 is 2.33 bits per heavy atom. The van der Waals surface area contributed by atoms with E-state index >= 15 is 0 Å². The van der Waals surface area contributed by atoms with Crippen molar-refractivity contribution in [2.75, 3.05) is 6.61 Å². The Balaban J connectivity index is 2.41. The monoisotopic (exact) mass is 270 g/mol. The third-order valence-corrected chi connectivity index (χ3v) is 8.21. The zero-order valence-electron chi connectivity index (χ0n) is 12.7. The number of rotatable bonds is 5. The maximum atomic E-state index is 11.7. The van der Waals surface area contributed by atoms with E-state index in [1.165, 1.54) is 0 Å². The second kappa shape index (κ2) is 5.27. The molecule has 2 atom stereocenters. The van der Waals surface area contributed by atoms with E-state index in [1.807, 2.05) is 13.8 Å². The lowest BCUT2D eigenvalue weighted by atomic mass is 10.2. The van der Waals surface area contributed by atoms with Gasteiger partial charge in [-0.05, 0) is 38.1 Å². The first-order valence-electron chi connectivity index (χ1n) is 6.53. The van der Waals surface area contributed by atoms with Gasteiger partial charge in [0.25, 0.3) is 0 Å². The molecule has 0 saturated carbocycles. The highest BCUT2D eigenvalue weighted by molar-refractivity contribution is 6.74. The van der Waals surface area contributed by atoms with Crippen molar-refractivity contribution in [1.82, 2.24) is 0 Å². The summed E-state index contributed by atoms with van der Waals surface area (Å²) in [7, 11) is -1.73. The summed E-state index contributed by atoms with van der Waals surface area (Å²) in [5.41, 5.74) is 1.01. The second-order valence-corrected chi connectivity index (χ2v) is 11.6. The van der Waals surface area contributed by atoms with Crippen molar-refractivity contribution in [1.29, 1.82) is 0 Å². The van der Waals surface area contributed by atoms with Crippen LogP contribution in [0, 0.1) is 0 Å². The van der Waals surface area contributed by atoms with Crippen LogP contribution in [0.2, 0.25) is 18.1 Å². The molecule has 1 aliphatic heterocycles. The van der Waals surface area contributed by atoms with Crippen molar-refractivity contribution in [2.45, 2.75) is 65.0 Å². The van der Waals surface area contributed by atoms with Crippen LogP contribution in [0.5, 0.6) is 0 Å². The summed E-state index contributed by atoms with van der Waals surface area (Å²) in [6, 6.07) is 0. The van der Waals surface area contributed by atoms with E-state index in [4.69, 9.17) is 9.16 Å². The van der Waals surface area contributed by atoms with Crippen molar-refractivity contribution in [3.05, 3.63) is 11.6 Å². The van der Waals surface area contributed by atoms with Gasteiger partial charge >= 0.3 is 0 Å². The maximum absolute atomic E-state index is 11.7. The minimum atomic E-state index is -1.73. The van der Waals surface area contributed by atoms with Crippen LogP contribution in [0.15, 0.2) is 11.6 Å². The quantitative estimate of drug-likeness (QED) is 0.437. The summed E-state index contributed by atoms with van der Waals surface area (Å²) >= 11 is 0. The molecule has 4 heteroatoms. The van der Waals surface area contributed by atoms with Gasteiger partial charge in [0.1, 0.15) is 12.2 Å². The van der Waals surface area contributed by atoms with Gasteiger partial charge in [0.2, 0.25) is 0 Å². The zero-order chi connectivity index (χ0) is 14.1. The molecule has 0 aromatic rings. The number of carbonyl (C=O) groups excluding carboxylic acids is 1. The van der Waals surface area contributed by atoms with Crippen molar-refractivity contribution < 1.29 is 14.0 Å². The van der Waals surface area contributed by atoms with Crippen molar-refractivity contribution in [2.24, 2.45) is 0 Å². The fraction of sp³-hybridized carbons (Fsp3) is 0.786. The largest absolute Gasteiger partial charge is 0.414 e. The Hall–Kier alpha value is -0.453. The van der Waals surface area contributed by atoms with E-state index in [0.29, 0.717) is 6.61 Å². The fourth-order valence-corrected chi connectivity index (χ4v) is 2.41. The molecule has 1 aliphatic rings. The first kappa shape index (κ1) is 15.6. The van der Waals surface area contributed by atoms with Crippen LogP contribution in [-0.2, 0) is 14.0 Å². The highest BCUT2D eigenvalue weighted by Gasteiger charge is 2.46. The van der Waals surface area contributed by atoms with E-state index in [0.717, 1.165) is 5.57 Å². The van der Waals surface area contributed by atoms with Crippen LogP contribution in [0.3, 0.4) is 0 Å². The van der Waals surface area contributed by atoms with Crippen molar-refractivity contribution in [3.8, 4) is 0 Å². The van der Waals surface area contributed by atoms with Crippen LogP contribution >= 0.6 is 0 Å².